The van der Waals surface area contributed by atoms with Crippen LogP contribution in [0.15, 0.2) is 42.6 Å². The second kappa shape index (κ2) is 6.18. The first-order valence-corrected chi connectivity index (χ1v) is 6.32. The van der Waals surface area contributed by atoms with Gasteiger partial charge in [-0.15, -0.1) is 0 Å². The topological polar surface area (TPSA) is 46.6 Å². The Hall–Kier alpha value is -2.10. The van der Waals surface area contributed by atoms with Crippen molar-refractivity contribution in [3.05, 3.63) is 48.2 Å². The molecular weight excluding hydrogens is 242 g/mol. The maximum Gasteiger partial charge on any atom is 0.329 e. The summed E-state index contributed by atoms with van der Waals surface area (Å²) >= 11 is 0. The minimum absolute atomic E-state index is 0.0335. The quantitative estimate of drug-likeness (QED) is 0.776. The molecule has 4 heteroatoms. The van der Waals surface area contributed by atoms with Gasteiger partial charge in [-0.2, -0.15) is 0 Å². The summed E-state index contributed by atoms with van der Waals surface area (Å²) in [7, 11) is 1.35. The molecule has 0 aromatic heterocycles. The third kappa shape index (κ3) is 3.22. The van der Waals surface area contributed by atoms with E-state index < -0.39 is 6.04 Å². The molecule has 1 heterocycles. The van der Waals surface area contributed by atoms with E-state index in [0.29, 0.717) is 12.8 Å². The second-order valence-corrected chi connectivity index (χ2v) is 4.45. The maximum atomic E-state index is 11.9. The van der Waals surface area contributed by atoms with Crippen molar-refractivity contribution in [2.45, 2.75) is 25.3 Å². The smallest absolute Gasteiger partial charge is 0.329 e. The predicted octanol–water partition coefficient (Wildman–Crippen LogP) is 1.91. The number of carbonyl (C=O) groups is 2. The lowest BCUT2D eigenvalue weighted by Gasteiger charge is -2.29. The van der Waals surface area contributed by atoms with Crippen LogP contribution in [0.3, 0.4) is 0 Å². The van der Waals surface area contributed by atoms with Gasteiger partial charge in [0.1, 0.15) is 6.04 Å². The van der Waals surface area contributed by atoms with Gasteiger partial charge < -0.3 is 9.64 Å². The van der Waals surface area contributed by atoms with Crippen LogP contribution in [0.5, 0.6) is 0 Å². The van der Waals surface area contributed by atoms with Crippen LogP contribution >= 0.6 is 0 Å². The molecule has 1 aliphatic heterocycles. The highest BCUT2D eigenvalue weighted by Crippen LogP contribution is 2.16. The monoisotopic (exact) mass is 259 g/mol. The van der Waals surface area contributed by atoms with Gasteiger partial charge in [0.25, 0.3) is 0 Å². The molecule has 0 aliphatic carbocycles. The lowest BCUT2D eigenvalue weighted by molar-refractivity contribution is -0.150. The summed E-state index contributed by atoms with van der Waals surface area (Å²) in [5.74, 6) is -0.419. The number of methoxy groups -OCH3 is 1. The van der Waals surface area contributed by atoms with Crippen molar-refractivity contribution in [3.63, 3.8) is 0 Å². The van der Waals surface area contributed by atoms with Crippen LogP contribution in [0.2, 0.25) is 0 Å². The summed E-state index contributed by atoms with van der Waals surface area (Å²) in [6, 6.07) is 9.04. The van der Waals surface area contributed by atoms with Crippen molar-refractivity contribution in [2.75, 3.05) is 7.11 Å². The first kappa shape index (κ1) is 13.3. The molecule has 100 valence electrons. The molecule has 1 aliphatic rings. The number of benzene rings is 1. The average molecular weight is 259 g/mol. The van der Waals surface area contributed by atoms with Gasteiger partial charge in [-0.25, -0.2) is 4.79 Å². The molecule has 0 bridgehead atoms. The van der Waals surface area contributed by atoms with Crippen LogP contribution in [0, 0.1) is 0 Å². The zero-order valence-corrected chi connectivity index (χ0v) is 10.9. The summed E-state index contributed by atoms with van der Waals surface area (Å²) in [5.41, 5.74) is 1.00. The molecule has 4 nitrogen and oxygen atoms in total. The first-order valence-electron chi connectivity index (χ1n) is 6.32. The van der Waals surface area contributed by atoms with Crippen LogP contribution < -0.4 is 0 Å². The fourth-order valence-corrected chi connectivity index (χ4v) is 2.15. The number of esters is 1. The minimum atomic E-state index is -0.587. The molecule has 0 N–H and O–H groups in total. The Labute approximate surface area is 112 Å². The summed E-state index contributed by atoms with van der Waals surface area (Å²) in [4.78, 5) is 25.3. The second-order valence-electron chi connectivity index (χ2n) is 4.45. The van der Waals surface area contributed by atoms with E-state index in [2.05, 4.69) is 0 Å². The van der Waals surface area contributed by atoms with Gasteiger partial charge in [0.15, 0.2) is 0 Å². The van der Waals surface area contributed by atoms with Gasteiger partial charge in [0.2, 0.25) is 5.91 Å². The van der Waals surface area contributed by atoms with E-state index in [-0.39, 0.29) is 11.9 Å². The largest absolute Gasteiger partial charge is 0.467 e. The Bertz CT molecular complexity index is 481. The molecule has 0 saturated carbocycles. The Morgan fingerprint density at radius 2 is 2.11 bits per heavy atom. The molecule has 0 saturated heterocycles. The molecule has 0 spiro atoms. The van der Waals surface area contributed by atoms with Crippen LogP contribution in [0.4, 0.5) is 0 Å². The fourth-order valence-electron chi connectivity index (χ4n) is 2.15. The Morgan fingerprint density at radius 3 is 2.74 bits per heavy atom. The van der Waals surface area contributed by atoms with Gasteiger partial charge in [0.05, 0.1) is 7.11 Å². The van der Waals surface area contributed by atoms with Crippen LogP contribution in [-0.2, 0) is 20.7 Å². The van der Waals surface area contributed by atoms with E-state index in [1.165, 1.54) is 12.0 Å². The van der Waals surface area contributed by atoms with E-state index in [0.717, 1.165) is 12.0 Å². The molecule has 1 aromatic rings. The van der Waals surface area contributed by atoms with E-state index in [1.807, 2.05) is 36.4 Å². The SMILES string of the molecule is COC(=O)C(Cc1ccccc1)N1C=CCCC1=O. The van der Waals surface area contributed by atoms with Gasteiger partial charge in [-0.3, -0.25) is 4.79 Å². The molecule has 0 fully saturated rings. The Kier molecular flexibility index (Phi) is 4.34. The molecule has 0 radical (unpaired) electrons. The zero-order chi connectivity index (χ0) is 13.7. The number of hydrogen-bond donors (Lipinski definition) is 0. The van der Waals surface area contributed by atoms with Crippen molar-refractivity contribution in [1.82, 2.24) is 4.90 Å². The molecule has 19 heavy (non-hydrogen) atoms. The van der Waals surface area contributed by atoms with E-state index in [9.17, 15) is 9.59 Å². The van der Waals surface area contributed by atoms with Gasteiger partial charge in [-0.1, -0.05) is 36.4 Å². The molecule has 2 rings (SSSR count). The van der Waals surface area contributed by atoms with Crippen molar-refractivity contribution in [1.29, 1.82) is 0 Å². The molecule has 1 aromatic carbocycles. The number of amides is 1. The minimum Gasteiger partial charge on any atom is -0.467 e. The van der Waals surface area contributed by atoms with Crippen LogP contribution in [0.1, 0.15) is 18.4 Å². The average Bonchev–Trinajstić information content (AvgIpc) is 2.46. The molecule has 1 amide bonds. The lowest BCUT2D eigenvalue weighted by Crippen LogP contribution is -2.44. The van der Waals surface area contributed by atoms with Gasteiger partial charge in [-0.05, 0) is 12.0 Å². The highest BCUT2D eigenvalue weighted by molar-refractivity contribution is 5.86. The molecule has 1 unspecified atom stereocenters. The van der Waals surface area contributed by atoms with Crippen molar-refractivity contribution >= 4 is 11.9 Å². The zero-order valence-electron chi connectivity index (χ0n) is 10.9. The third-order valence-corrected chi connectivity index (χ3v) is 3.16. The number of allylic oxidation sites excluding steroid dienone is 1. The van der Waals surface area contributed by atoms with Crippen LogP contribution in [0.25, 0.3) is 0 Å². The van der Waals surface area contributed by atoms with E-state index in [1.54, 1.807) is 6.20 Å². The lowest BCUT2D eigenvalue weighted by atomic mass is 10.0. The summed E-state index contributed by atoms with van der Waals surface area (Å²) in [6.07, 6.45) is 5.23. The van der Waals surface area contributed by atoms with Gasteiger partial charge in [0, 0.05) is 19.0 Å². The van der Waals surface area contributed by atoms with Crippen molar-refractivity contribution in [3.8, 4) is 0 Å². The highest BCUT2D eigenvalue weighted by atomic mass is 16.5. The molecular formula is C15H17NO3. The number of nitrogens with zero attached hydrogens (tertiary/aromatic N) is 1. The van der Waals surface area contributed by atoms with Crippen LogP contribution in [-0.4, -0.2) is 29.9 Å². The normalized spacial score (nSPS) is 16.3. The van der Waals surface area contributed by atoms with E-state index >= 15 is 0 Å². The summed E-state index contributed by atoms with van der Waals surface area (Å²) in [6.45, 7) is 0. The standard InChI is InChI=1S/C15H17NO3/c1-19-15(18)13(11-12-7-3-2-4-8-12)16-10-6-5-9-14(16)17/h2-4,6-8,10,13H,5,9,11H2,1H3. The number of hydrogen-bond acceptors (Lipinski definition) is 3. The predicted molar refractivity (Wildman–Crippen MR) is 71.2 cm³/mol. The fraction of sp³-hybridized carbons (Fsp3) is 0.333. The summed E-state index contributed by atoms with van der Waals surface area (Å²) < 4.78 is 4.82. The summed E-state index contributed by atoms with van der Waals surface area (Å²) in [5, 5.41) is 0. The van der Waals surface area contributed by atoms with Crippen molar-refractivity contribution < 1.29 is 14.3 Å². The highest BCUT2D eigenvalue weighted by Gasteiger charge is 2.30. The number of ether oxygens (including phenoxy) is 1. The Morgan fingerprint density at radius 1 is 1.37 bits per heavy atom. The molecule has 1 atom stereocenters. The van der Waals surface area contributed by atoms with E-state index in [4.69, 9.17) is 4.74 Å². The maximum absolute atomic E-state index is 11.9. The number of carbonyl (C=O) groups excluding carboxylic acids is 2. The number of rotatable bonds is 4. The van der Waals surface area contributed by atoms with Crippen molar-refractivity contribution in [2.24, 2.45) is 0 Å². The Balaban J connectivity index is 2.21. The van der Waals surface area contributed by atoms with Gasteiger partial charge >= 0.3 is 5.97 Å². The first-order chi connectivity index (χ1) is 9.22. The third-order valence-electron chi connectivity index (χ3n) is 3.16.